The number of sulfonamides is 1. The predicted octanol–water partition coefficient (Wildman–Crippen LogP) is 3.33. The van der Waals surface area contributed by atoms with Crippen LogP contribution in [0.4, 0.5) is 5.69 Å². The number of anilines is 1. The highest BCUT2D eigenvalue weighted by atomic mass is 32.2. The average Bonchev–Trinajstić information content (AvgIpc) is 2.83. The van der Waals surface area contributed by atoms with Crippen LogP contribution >= 0.6 is 0 Å². The van der Waals surface area contributed by atoms with Crippen LogP contribution in [-0.4, -0.2) is 45.9 Å². The summed E-state index contributed by atoms with van der Waals surface area (Å²) in [6.45, 7) is -0.0557. The van der Waals surface area contributed by atoms with E-state index in [9.17, 15) is 18.0 Å². The zero-order valence-corrected chi connectivity index (χ0v) is 18.7. The van der Waals surface area contributed by atoms with Crippen LogP contribution in [0.15, 0.2) is 89.8 Å². The van der Waals surface area contributed by atoms with Gasteiger partial charge in [-0.25, -0.2) is 13.2 Å². The summed E-state index contributed by atoms with van der Waals surface area (Å²) in [5, 5.41) is 0. The average molecular weight is 453 g/mol. The molecule has 1 amide bonds. The van der Waals surface area contributed by atoms with Crippen LogP contribution in [0.5, 0.6) is 0 Å². The molecule has 0 unspecified atom stereocenters. The Morgan fingerprint density at radius 3 is 2.12 bits per heavy atom. The molecule has 0 heterocycles. The maximum atomic E-state index is 12.9. The molecule has 3 aromatic rings. The molecule has 0 aromatic heterocycles. The zero-order chi connectivity index (χ0) is 23.1. The van der Waals surface area contributed by atoms with Crippen molar-refractivity contribution < 1.29 is 22.7 Å². The molecule has 0 spiro atoms. The second-order valence-electron chi connectivity index (χ2n) is 7.15. The van der Waals surface area contributed by atoms with Crippen molar-refractivity contribution in [2.45, 2.75) is 11.4 Å². The number of carbonyl (C=O) groups excluding carboxylic acids is 2. The Morgan fingerprint density at radius 1 is 0.844 bits per heavy atom. The molecule has 8 heteroatoms. The highest BCUT2D eigenvalue weighted by Crippen LogP contribution is 2.22. The minimum Gasteiger partial charge on any atom is -0.452 e. The fraction of sp³-hybridized carbons (Fsp3) is 0.167. The van der Waals surface area contributed by atoms with Crippen LogP contribution < -0.4 is 4.31 Å². The topological polar surface area (TPSA) is 84.0 Å². The predicted molar refractivity (Wildman–Crippen MR) is 122 cm³/mol. The van der Waals surface area contributed by atoms with E-state index in [1.54, 1.807) is 37.4 Å². The van der Waals surface area contributed by atoms with Crippen molar-refractivity contribution >= 4 is 27.6 Å². The number of esters is 1. The van der Waals surface area contributed by atoms with Gasteiger partial charge >= 0.3 is 5.97 Å². The number of carbonyl (C=O) groups is 2. The lowest BCUT2D eigenvalue weighted by atomic mass is 10.2. The van der Waals surface area contributed by atoms with E-state index in [0.717, 1.165) is 9.87 Å². The van der Waals surface area contributed by atoms with Crippen LogP contribution in [0.1, 0.15) is 15.9 Å². The third-order valence-corrected chi connectivity index (χ3v) is 6.64. The van der Waals surface area contributed by atoms with Gasteiger partial charge in [-0.15, -0.1) is 0 Å². The summed E-state index contributed by atoms with van der Waals surface area (Å²) < 4.78 is 32.2. The Bertz CT molecular complexity index is 1180. The van der Waals surface area contributed by atoms with E-state index in [2.05, 4.69) is 0 Å². The van der Waals surface area contributed by atoms with Crippen LogP contribution in [0, 0.1) is 0 Å². The normalized spacial score (nSPS) is 10.9. The highest BCUT2D eigenvalue weighted by Gasteiger charge is 2.23. The summed E-state index contributed by atoms with van der Waals surface area (Å²) in [5.41, 5.74) is 1.49. The van der Waals surface area contributed by atoms with E-state index in [1.807, 2.05) is 30.3 Å². The van der Waals surface area contributed by atoms with Crippen molar-refractivity contribution in [3.63, 3.8) is 0 Å². The maximum absolute atomic E-state index is 12.9. The van der Waals surface area contributed by atoms with E-state index in [1.165, 1.54) is 36.2 Å². The Morgan fingerprint density at radius 2 is 1.47 bits per heavy atom. The molecule has 0 aliphatic rings. The van der Waals surface area contributed by atoms with E-state index >= 15 is 0 Å². The van der Waals surface area contributed by atoms with Gasteiger partial charge in [0.2, 0.25) is 0 Å². The fourth-order valence-corrected chi connectivity index (χ4v) is 4.23. The molecular weight excluding hydrogens is 428 g/mol. The SMILES string of the molecule is CN(Cc1ccccc1)C(=O)COC(=O)c1cccc(S(=O)(=O)N(C)c2ccccc2)c1. The van der Waals surface area contributed by atoms with Crippen molar-refractivity contribution in [1.29, 1.82) is 0 Å². The molecule has 0 saturated carbocycles. The van der Waals surface area contributed by atoms with Crippen molar-refractivity contribution in [1.82, 2.24) is 4.90 Å². The van der Waals surface area contributed by atoms with Gasteiger partial charge in [0.05, 0.1) is 16.1 Å². The van der Waals surface area contributed by atoms with Gasteiger partial charge in [0, 0.05) is 20.6 Å². The molecule has 0 N–H and O–H groups in total. The van der Waals surface area contributed by atoms with Gasteiger partial charge in [0.25, 0.3) is 15.9 Å². The number of hydrogen-bond acceptors (Lipinski definition) is 5. The Kier molecular flexibility index (Phi) is 7.27. The molecule has 0 aliphatic heterocycles. The minimum absolute atomic E-state index is 0.0473. The molecule has 7 nitrogen and oxygen atoms in total. The first kappa shape index (κ1) is 23.0. The standard InChI is InChI=1S/C24H24N2O5S/c1-25(17-19-10-5-3-6-11-19)23(27)18-31-24(28)20-12-9-15-22(16-20)32(29,30)26(2)21-13-7-4-8-14-21/h3-16H,17-18H2,1-2H3. The molecular formula is C24H24N2O5S. The molecule has 3 rings (SSSR count). The number of rotatable bonds is 8. The van der Waals surface area contributed by atoms with E-state index in [4.69, 9.17) is 4.74 Å². The number of hydrogen-bond donors (Lipinski definition) is 0. The Hall–Kier alpha value is -3.65. The minimum atomic E-state index is -3.88. The summed E-state index contributed by atoms with van der Waals surface area (Å²) in [5.74, 6) is -1.14. The van der Waals surface area contributed by atoms with Gasteiger partial charge in [-0.1, -0.05) is 54.6 Å². The molecule has 166 valence electrons. The second-order valence-corrected chi connectivity index (χ2v) is 9.12. The Balaban J connectivity index is 1.65. The number of nitrogens with zero attached hydrogens (tertiary/aromatic N) is 2. The first-order valence-electron chi connectivity index (χ1n) is 9.88. The van der Waals surface area contributed by atoms with Crippen LogP contribution in [0.3, 0.4) is 0 Å². The summed E-state index contributed by atoms with van der Waals surface area (Å²) in [4.78, 5) is 26.2. The molecule has 0 fully saturated rings. The number of benzene rings is 3. The molecule has 3 aromatic carbocycles. The van der Waals surface area contributed by atoms with Crippen molar-refractivity contribution in [3.8, 4) is 0 Å². The van der Waals surface area contributed by atoms with Crippen LogP contribution in [0.25, 0.3) is 0 Å². The summed E-state index contributed by atoms with van der Waals surface area (Å²) in [6.07, 6.45) is 0. The first-order chi connectivity index (χ1) is 15.3. The van der Waals surface area contributed by atoms with Gasteiger partial charge in [-0.2, -0.15) is 0 Å². The fourth-order valence-electron chi connectivity index (χ4n) is 2.98. The smallest absolute Gasteiger partial charge is 0.338 e. The van der Waals surface area contributed by atoms with E-state index in [-0.39, 0.29) is 16.4 Å². The third kappa shape index (κ3) is 5.53. The van der Waals surface area contributed by atoms with Gasteiger partial charge in [0.1, 0.15) is 0 Å². The molecule has 0 radical (unpaired) electrons. The van der Waals surface area contributed by atoms with Crippen molar-refractivity contribution in [3.05, 3.63) is 96.1 Å². The van der Waals surface area contributed by atoms with E-state index < -0.39 is 22.6 Å². The van der Waals surface area contributed by atoms with Gasteiger partial charge < -0.3 is 9.64 Å². The van der Waals surface area contributed by atoms with Gasteiger partial charge in [0.15, 0.2) is 6.61 Å². The lowest BCUT2D eigenvalue weighted by Gasteiger charge is -2.20. The Labute approximate surface area is 187 Å². The summed E-state index contributed by atoms with van der Waals surface area (Å²) in [6, 6.07) is 23.6. The first-order valence-corrected chi connectivity index (χ1v) is 11.3. The van der Waals surface area contributed by atoms with Crippen molar-refractivity contribution in [2.24, 2.45) is 0 Å². The lowest BCUT2D eigenvalue weighted by Crippen LogP contribution is -2.31. The number of amides is 1. The molecule has 0 bridgehead atoms. The van der Waals surface area contributed by atoms with Crippen molar-refractivity contribution in [2.75, 3.05) is 25.0 Å². The lowest BCUT2D eigenvalue weighted by molar-refractivity contribution is -0.133. The number of ether oxygens (including phenoxy) is 1. The molecule has 0 aliphatic carbocycles. The monoisotopic (exact) mass is 452 g/mol. The zero-order valence-electron chi connectivity index (χ0n) is 17.8. The van der Waals surface area contributed by atoms with Gasteiger partial charge in [-0.05, 0) is 35.9 Å². The number of likely N-dealkylation sites (N-methyl/N-ethyl adjacent to an activating group) is 1. The summed E-state index contributed by atoms with van der Waals surface area (Å²) in [7, 11) is -0.815. The molecule has 0 saturated heterocycles. The molecule has 32 heavy (non-hydrogen) atoms. The number of para-hydroxylation sites is 1. The molecule has 0 atom stereocenters. The highest BCUT2D eigenvalue weighted by molar-refractivity contribution is 7.92. The van der Waals surface area contributed by atoms with Crippen LogP contribution in [-0.2, 0) is 26.1 Å². The maximum Gasteiger partial charge on any atom is 0.338 e. The van der Waals surface area contributed by atoms with Crippen LogP contribution in [0.2, 0.25) is 0 Å². The largest absolute Gasteiger partial charge is 0.452 e. The summed E-state index contributed by atoms with van der Waals surface area (Å²) >= 11 is 0. The van der Waals surface area contributed by atoms with E-state index in [0.29, 0.717) is 12.2 Å². The third-order valence-electron chi connectivity index (χ3n) is 4.86. The quantitative estimate of drug-likeness (QED) is 0.490. The second kappa shape index (κ2) is 10.1. The van der Waals surface area contributed by atoms with Gasteiger partial charge in [-0.3, -0.25) is 9.10 Å².